The summed E-state index contributed by atoms with van der Waals surface area (Å²) in [7, 11) is 1.63. The Hall–Kier alpha value is -3.38. The van der Waals surface area contributed by atoms with Gasteiger partial charge in [-0.05, 0) is 59.7 Å². The summed E-state index contributed by atoms with van der Waals surface area (Å²) in [5.41, 5.74) is 8.54. The molecule has 0 spiro atoms. The third kappa shape index (κ3) is 3.93. The number of carbonyl (C=O) groups is 1. The third-order valence-electron chi connectivity index (χ3n) is 4.64. The van der Waals surface area contributed by atoms with E-state index in [4.69, 9.17) is 14.9 Å². The number of hydrogen-bond acceptors (Lipinski definition) is 4. The van der Waals surface area contributed by atoms with E-state index in [1.807, 2.05) is 36.4 Å². The van der Waals surface area contributed by atoms with Gasteiger partial charge in [-0.1, -0.05) is 12.1 Å². The Labute approximate surface area is 171 Å². The molecule has 2 aromatic carbocycles. The van der Waals surface area contributed by atoms with Crippen LogP contribution >= 0.6 is 11.3 Å². The van der Waals surface area contributed by atoms with Crippen LogP contribution in [0.5, 0.6) is 5.75 Å². The fourth-order valence-corrected chi connectivity index (χ4v) is 4.25. The zero-order chi connectivity index (χ0) is 20.4. The molecule has 0 aliphatic carbocycles. The zero-order valence-electron chi connectivity index (χ0n) is 15.6. The molecule has 1 amide bonds. The Morgan fingerprint density at radius 3 is 2.59 bits per heavy atom. The average Bonchev–Trinajstić information content (AvgIpc) is 3.36. The van der Waals surface area contributed by atoms with E-state index in [2.05, 4.69) is 0 Å². The molecule has 146 valence electrons. The van der Waals surface area contributed by atoms with Gasteiger partial charge >= 0.3 is 0 Å². The Morgan fingerprint density at radius 1 is 1.10 bits per heavy atom. The quantitative estimate of drug-likeness (QED) is 0.458. The molecule has 0 bridgehead atoms. The molecule has 2 N–H and O–H groups in total. The maximum absolute atomic E-state index is 13.7. The number of ether oxygens (including phenoxy) is 1. The lowest BCUT2D eigenvalue weighted by Gasteiger charge is -2.04. The molecule has 4 rings (SSSR count). The minimum Gasteiger partial charge on any atom is -0.497 e. The van der Waals surface area contributed by atoms with Gasteiger partial charge in [0.1, 0.15) is 11.6 Å². The van der Waals surface area contributed by atoms with Crippen LogP contribution in [0.1, 0.15) is 21.0 Å². The highest BCUT2D eigenvalue weighted by Crippen LogP contribution is 2.35. The van der Waals surface area contributed by atoms with Gasteiger partial charge in [0.15, 0.2) is 5.76 Å². The van der Waals surface area contributed by atoms with Crippen molar-refractivity contribution in [2.45, 2.75) is 6.42 Å². The number of halogens is 1. The van der Waals surface area contributed by atoms with Gasteiger partial charge in [-0.25, -0.2) is 4.39 Å². The first-order chi connectivity index (χ1) is 14.0. The van der Waals surface area contributed by atoms with Crippen molar-refractivity contribution in [3.63, 3.8) is 0 Å². The number of carbonyl (C=O) groups excluding carboxylic acids is 1. The maximum Gasteiger partial charge on any atom is 0.284 e. The van der Waals surface area contributed by atoms with E-state index in [1.54, 1.807) is 30.6 Å². The van der Waals surface area contributed by atoms with Gasteiger partial charge in [0.05, 0.1) is 13.4 Å². The summed E-state index contributed by atoms with van der Waals surface area (Å²) in [6.07, 6.45) is 1.92. The molecule has 2 aromatic heterocycles. The number of primary amides is 1. The first-order valence-corrected chi connectivity index (χ1v) is 9.76. The molecule has 4 aromatic rings. The summed E-state index contributed by atoms with van der Waals surface area (Å²) in [6, 6.07) is 18.1. The van der Waals surface area contributed by atoms with E-state index in [1.165, 1.54) is 18.4 Å². The molecule has 0 unspecified atom stereocenters. The van der Waals surface area contributed by atoms with E-state index in [-0.39, 0.29) is 11.6 Å². The summed E-state index contributed by atoms with van der Waals surface area (Å²) in [5.74, 6) is -0.0961. The molecule has 0 saturated heterocycles. The van der Waals surface area contributed by atoms with Crippen molar-refractivity contribution in [3.05, 3.63) is 88.9 Å². The van der Waals surface area contributed by atoms with E-state index in [0.29, 0.717) is 23.1 Å². The second-order valence-electron chi connectivity index (χ2n) is 6.50. The molecule has 0 aliphatic rings. The number of amides is 1. The van der Waals surface area contributed by atoms with Crippen LogP contribution in [-0.4, -0.2) is 13.0 Å². The maximum atomic E-state index is 13.7. The van der Waals surface area contributed by atoms with Crippen molar-refractivity contribution < 1.29 is 18.3 Å². The average molecular weight is 407 g/mol. The van der Waals surface area contributed by atoms with Gasteiger partial charge in [-0.3, -0.25) is 4.79 Å². The largest absolute Gasteiger partial charge is 0.497 e. The third-order valence-corrected chi connectivity index (χ3v) is 5.77. The number of nitrogens with two attached hydrogens (primary N) is 1. The molecule has 0 atom stereocenters. The number of methoxy groups -OCH3 is 1. The molecular weight excluding hydrogens is 389 g/mol. The van der Waals surface area contributed by atoms with Gasteiger partial charge in [0.25, 0.3) is 5.91 Å². The second-order valence-corrected chi connectivity index (χ2v) is 7.67. The van der Waals surface area contributed by atoms with Crippen molar-refractivity contribution in [3.8, 4) is 27.3 Å². The molecule has 0 saturated carbocycles. The van der Waals surface area contributed by atoms with Crippen molar-refractivity contribution in [2.75, 3.05) is 7.11 Å². The SMILES string of the molecule is COc1ccc(-c2ccc(Cc3c(-c4cccc(F)c4)coc3C(N)=O)s2)cc1. The van der Waals surface area contributed by atoms with Crippen molar-refractivity contribution in [1.29, 1.82) is 0 Å². The van der Waals surface area contributed by atoms with E-state index >= 15 is 0 Å². The summed E-state index contributed by atoms with van der Waals surface area (Å²) in [5, 5.41) is 0. The summed E-state index contributed by atoms with van der Waals surface area (Å²) in [4.78, 5) is 14.0. The van der Waals surface area contributed by atoms with Crippen LogP contribution in [0.15, 0.2) is 71.3 Å². The van der Waals surface area contributed by atoms with E-state index < -0.39 is 5.91 Å². The molecule has 0 fully saturated rings. The highest BCUT2D eigenvalue weighted by atomic mass is 32.1. The molecule has 0 aliphatic heterocycles. The van der Waals surface area contributed by atoms with Gasteiger partial charge in [-0.15, -0.1) is 11.3 Å². The lowest BCUT2D eigenvalue weighted by atomic mass is 9.99. The lowest BCUT2D eigenvalue weighted by Crippen LogP contribution is -2.12. The number of thiophene rings is 1. The fraction of sp³-hybridized carbons (Fsp3) is 0.0870. The topological polar surface area (TPSA) is 65.5 Å². The molecule has 6 heteroatoms. The highest BCUT2D eigenvalue weighted by molar-refractivity contribution is 7.15. The first-order valence-electron chi connectivity index (χ1n) is 8.94. The van der Waals surface area contributed by atoms with Crippen LogP contribution in [0.25, 0.3) is 21.6 Å². The van der Waals surface area contributed by atoms with Gasteiger partial charge in [0, 0.05) is 27.3 Å². The summed E-state index contributed by atoms with van der Waals surface area (Å²) in [6.45, 7) is 0. The fourth-order valence-electron chi connectivity index (χ4n) is 3.22. The van der Waals surface area contributed by atoms with Crippen LogP contribution < -0.4 is 10.5 Å². The van der Waals surface area contributed by atoms with Gasteiger partial charge in [0.2, 0.25) is 0 Å². The molecule has 29 heavy (non-hydrogen) atoms. The number of benzene rings is 2. The van der Waals surface area contributed by atoms with Crippen molar-refractivity contribution >= 4 is 17.2 Å². The van der Waals surface area contributed by atoms with E-state index in [0.717, 1.165) is 21.1 Å². The Kier molecular flexibility index (Phi) is 5.18. The number of rotatable bonds is 6. The molecule has 0 radical (unpaired) electrons. The van der Waals surface area contributed by atoms with Crippen LogP contribution in [0, 0.1) is 5.82 Å². The standard InChI is InChI=1S/C23H18FNO3S/c1-27-17-7-5-14(6-8-17)21-10-9-18(29-21)12-19-20(13-28-22(19)23(25)26)15-3-2-4-16(24)11-15/h2-11,13H,12H2,1H3,(H2,25,26). The predicted molar refractivity (Wildman–Crippen MR) is 112 cm³/mol. The summed E-state index contributed by atoms with van der Waals surface area (Å²) >= 11 is 1.62. The Morgan fingerprint density at radius 2 is 1.90 bits per heavy atom. The normalized spacial score (nSPS) is 10.8. The Balaban J connectivity index is 1.68. The van der Waals surface area contributed by atoms with Crippen LogP contribution in [0.3, 0.4) is 0 Å². The predicted octanol–water partition coefficient (Wildman–Crippen LogP) is 5.51. The Bertz CT molecular complexity index is 1160. The zero-order valence-corrected chi connectivity index (χ0v) is 16.5. The minimum absolute atomic E-state index is 0.101. The van der Waals surface area contributed by atoms with Crippen LogP contribution in [-0.2, 0) is 6.42 Å². The summed E-state index contributed by atoms with van der Waals surface area (Å²) < 4.78 is 24.3. The van der Waals surface area contributed by atoms with Gasteiger partial charge in [-0.2, -0.15) is 0 Å². The van der Waals surface area contributed by atoms with Crippen LogP contribution in [0.2, 0.25) is 0 Å². The van der Waals surface area contributed by atoms with Crippen molar-refractivity contribution in [1.82, 2.24) is 0 Å². The van der Waals surface area contributed by atoms with Gasteiger partial charge < -0.3 is 14.9 Å². The monoisotopic (exact) mass is 407 g/mol. The number of furan rings is 1. The van der Waals surface area contributed by atoms with E-state index in [9.17, 15) is 9.18 Å². The van der Waals surface area contributed by atoms with Crippen molar-refractivity contribution in [2.24, 2.45) is 5.73 Å². The van der Waals surface area contributed by atoms with Crippen LogP contribution in [0.4, 0.5) is 4.39 Å². The molecule has 2 heterocycles. The highest BCUT2D eigenvalue weighted by Gasteiger charge is 2.20. The first kappa shape index (κ1) is 19.0. The molecule has 4 nitrogen and oxygen atoms in total. The molecular formula is C23H18FNO3S. The minimum atomic E-state index is -0.644. The second kappa shape index (κ2) is 7.93. The number of hydrogen-bond donors (Lipinski definition) is 1. The smallest absolute Gasteiger partial charge is 0.284 e. The lowest BCUT2D eigenvalue weighted by molar-refractivity contribution is 0.0973.